The van der Waals surface area contributed by atoms with Crippen molar-refractivity contribution in [3.63, 3.8) is 0 Å². The zero-order valence-electron chi connectivity index (χ0n) is 16.8. The van der Waals surface area contributed by atoms with E-state index in [1.807, 2.05) is 12.2 Å². The van der Waals surface area contributed by atoms with Crippen LogP contribution in [0.2, 0.25) is 5.02 Å². The number of nitro benzene ring substituents is 1. The van der Waals surface area contributed by atoms with Crippen molar-refractivity contribution < 1.29 is 19.3 Å². The smallest absolute Gasteiger partial charge is 0.272 e. The van der Waals surface area contributed by atoms with Crippen LogP contribution in [0, 0.1) is 33.8 Å². The van der Waals surface area contributed by atoms with Crippen molar-refractivity contribution in [1.29, 1.82) is 0 Å². The molecule has 2 aromatic carbocycles. The lowest BCUT2D eigenvalue weighted by molar-refractivity contribution is -0.385. The summed E-state index contributed by atoms with van der Waals surface area (Å²) >= 11 is 5.93. The Hall–Kier alpha value is -3.52. The number of amides is 3. The number of hydrogen-bond donors (Lipinski definition) is 0. The predicted octanol–water partition coefficient (Wildman–Crippen LogP) is 3.61. The first kappa shape index (κ1) is 20.4. The minimum absolute atomic E-state index is 0.0232. The molecule has 1 saturated heterocycles. The zero-order valence-corrected chi connectivity index (χ0v) is 17.5. The SMILES string of the molecule is O=C(c1ccc(Cl)cc1)N(Cc1ccccc1[N+](=O)[O-])N1C(=O)[C@H]2[C@H](C1=O)[C@H]1C=C[C@H]2C1. The highest BCUT2D eigenvalue weighted by atomic mass is 35.5. The number of rotatable bonds is 5. The summed E-state index contributed by atoms with van der Waals surface area (Å²) in [4.78, 5) is 51.1. The standard InChI is InChI=1S/C23H18ClN3O5/c24-17-9-7-13(8-10-17)21(28)25(12-16-3-1-2-4-18(16)27(31)32)26-22(29)19-14-5-6-15(11-14)20(19)23(26)30/h1-10,14-15,19-20H,11-12H2/t14-,15-,19+,20+/m0/s1. The quantitative estimate of drug-likeness (QED) is 0.299. The lowest BCUT2D eigenvalue weighted by atomic mass is 9.85. The summed E-state index contributed by atoms with van der Waals surface area (Å²) in [5.74, 6) is -2.51. The van der Waals surface area contributed by atoms with Crippen molar-refractivity contribution in [2.45, 2.75) is 13.0 Å². The monoisotopic (exact) mass is 451 g/mol. The third kappa shape index (κ3) is 3.10. The molecule has 2 fully saturated rings. The van der Waals surface area contributed by atoms with Gasteiger partial charge in [-0.15, -0.1) is 0 Å². The van der Waals surface area contributed by atoms with Gasteiger partial charge in [0.15, 0.2) is 0 Å². The molecular weight excluding hydrogens is 434 g/mol. The minimum atomic E-state index is -0.609. The van der Waals surface area contributed by atoms with E-state index in [9.17, 15) is 24.5 Å². The summed E-state index contributed by atoms with van der Waals surface area (Å²) in [6, 6.07) is 12.0. The normalized spacial score (nSPS) is 25.3. The third-order valence-corrected chi connectivity index (χ3v) is 6.77. The molecule has 2 bridgehead atoms. The highest BCUT2D eigenvalue weighted by Crippen LogP contribution is 2.53. The van der Waals surface area contributed by atoms with Crippen LogP contribution in [0.3, 0.4) is 0 Å². The Morgan fingerprint density at radius 2 is 1.62 bits per heavy atom. The van der Waals surface area contributed by atoms with Crippen LogP contribution in [0.1, 0.15) is 22.3 Å². The fraction of sp³-hybridized carbons (Fsp3) is 0.261. The van der Waals surface area contributed by atoms with Crippen LogP contribution in [0.15, 0.2) is 60.7 Å². The molecule has 1 saturated carbocycles. The average Bonchev–Trinajstić information content (AvgIpc) is 3.46. The van der Waals surface area contributed by atoms with Crippen LogP contribution in [0.25, 0.3) is 0 Å². The number of hydrazine groups is 1. The van der Waals surface area contributed by atoms with Crippen molar-refractivity contribution in [1.82, 2.24) is 10.0 Å². The molecule has 0 N–H and O–H groups in total. The van der Waals surface area contributed by atoms with Gasteiger partial charge in [-0.1, -0.05) is 42.0 Å². The highest BCUT2D eigenvalue weighted by Gasteiger charge is 2.61. The number of benzene rings is 2. The number of carbonyl (C=O) groups is 3. The Morgan fingerprint density at radius 1 is 1.03 bits per heavy atom. The molecule has 0 unspecified atom stereocenters. The van der Waals surface area contributed by atoms with Gasteiger partial charge in [0.2, 0.25) is 0 Å². The summed E-state index contributed by atoms with van der Waals surface area (Å²) in [6.07, 6.45) is 4.69. The largest absolute Gasteiger partial charge is 0.274 e. The summed E-state index contributed by atoms with van der Waals surface area (Å²) in [7, 11) is 0. The van der Waals surface area contributed by atoms with Crippen molar-refractivity contribution in [3.05, 3.63) is 86.9 Å². The first-order chi connectivity index (χ1) is 15.4. The molecule has 4 atom stereocenters. The molecular formula is C23H18ClN3O5. The van der Waals surface area contributed by atoms with Gasteiger partial charge >= 0.3 is 0 Å². The van der Waals surface area contributed by atoms with Gasteiger partial charge in [-0.05, 0) is 42.5 Å². The summed E-state index contributed by atoms with van der Waals surface area (Å²) in [5, 5.41) is 13.9. The van der Waals surface area contributed by atoms with Gasteiger partial charge in [-0.25, -0.2) is 5.01 Å². The van der Waals surface area contributed by atoms with Gasteiger partial charge in [-0.3, -0.25) is 24.5 Å². The predicted molar refractivity (Wildman–Crippen MR) is 114 cm³/mol. The molecule has 2 aromatic rings. The zero-order chi connectivity index (χ0) is 22.6. The Labute approximate surface area is 188 Å². The van der Waals surface area contributed by atoms with Crippen molar-refractivity contribution in [2.75, 3.05) is 0 Å². The molecule has 5 rings (SSSR count). The molecule has 32 heavy (non-hydrogen) atoms. The molecule has 2 aliphatic carbocycles. The molecule has 0 radical (unpaired) electrons. The number of carbonyl (C=O) groups excluding carboxylic acids is 3. The Morgan fingerprint density at radius 3 is 2.22 bits per heavy atom. The number of halogens is 1. The second-order valence-corrected chi connectivity index (χ2v) is 8.68. The second-order valence-electron chi connectivity index (χ2n) is 8.24. The summed E-state index contributed by atoms with van der Waals surface area (Å²) in [5.41, 5.74) is 0.243. The topological polar surface area (TPSA) is 101 Å². The maximum absolute atomic E-state index is 13.5. The van der Waals surface area contributed by atoms with Crippen LogP contribution in [0.5, 0.6) is 0 Å². The third-order valence-electron chi connectivity index (χ3n) is 6.52. The first-order valence-electron chi connectivity index (χ1n) is 10.2. The first-order valence-corrected chi connectivity index (χ1v) is 10.6. The Kier molecular flexibility index (Phi) is 4.82. The van der Waals surface area contributed by atoms with Gasteiger partial charge in [-0.2, -0.15) is 5.01 Å². The Balaban J connectivity index is 1.55. The number of fused-ring (bicyclic) bond motifs is 5. The number of nitro groups is 1. The fourth-order valence-corrected chi connectivity index (χ4v) is 5.21. The van der Waals surface area contributed by atoms with Crippen molar-refractivity contribution >= 4 is 35.0 Å². The van der Waals surface area contributed by atoms with E-state index in [-0.39, 0.29) is 35.2 Å². The molecule has 0 spiro atoms. The maximum atomic E-state index is 13.5. The number of nitrogens with zero attached hydrogens (tertiary/aromatic N) is 3. The van der Waals surface area contributed by atoms with Crippen LogP contribution in [-0.2, 0) is 16.1 Å². The number of hydrogen-bond acceptors (Lipinski definition) is 5. The van der Waals surface area contributed by atoms with E-state index in [2.05, 4.69) is 0 Å². The summed E-state index contributed by atoms with van der Waals surface area (Å²) in [6.45, 7) is -0.293. The van der Waals surface area contributed by atoms with Gasteiger partial charge in [0.25, 0.3) is 23.4 Å². The van der Waals surface area contributed by atoms with E-state index in [0.717, 1.165) is 16.4 Å². The number of imide groups is 1. The van der Waals surface area contributed by atoms with Crippen molar-refractivity contribution in [2.24, 2.45) is 23.7 Å². The number of allylic oxidation sites excluding steroid dienone is 2. The molecule has 0 aromatic heterocycles. The highest BCUT2D eigenvalue weighted by molar-refractivity contribution is 6.30. The van der Waals surface area contributed by atoms with E-state index >= 15 is 0 Å². The molecule has 1 aliphatic heterocycles. The van der Waals surface area contributed by atoms with E-state index in [4.69, 9.17) is 11.6 Å². The lowest BCUT2D eigenvalue weighted by Gasteiger charge is -2.31. The average molecular weight is 452 g/mol. The van der Waals surface area contributed by atoms with E-state index in [1.54, 1.807) is 6.07 Å². The van der Waals surface area contributed by atoms with E-state index < -0.39 is 34.5 Å². The Bertz CT molecular complexity index is 1150. The van der Waals surface area contributed by atoms with Gasteiger partial charge < -0.3 is 0 Å². The van der Waals surface area contributed by atoms with Gasteiger partial charge in [0.05, 0.1) is 28.9 Å². The molecule has 162 valence electrons. The number of para-hydroxylation sites is 1. The summed E-state index contributed by atoms with van der Waals surface area (Å²) < 4.78 is 0. The van der Waals surface area contributed by atoms with E-state index in [1.165, 1.54) is 42.5 Å². The maximum Gasteiger partial charge on any atom is 0.274 e. The van der Waals surface area contributed by atoms with E-state index in [0.29, 0.717) is 5.02 Å². The molecule has 8 nitrogen and oxygen atoms in total. The van der Waals surface area contributed by atoms with Crippen LogP contribution in [0.4, 0.5) is 5.69 Å². The van der Waals surface area contributed by atoms with Gasteiger partial charge in [0.1, 0.15) is 0 Å². The molecule has 3 aliphatic rings. The molecule has 3 amide bonds. The van der Waals surface area contributed by atoms with Crippen LogP contribution >= 0.6 is 11.6 Å². The minimum Gasteiger partial charge on any atom is -0.272 e. The fourth-order valence-electron chi connectivity index (χ4n) is 5.08. The van der Waals surface area contributed by atoms with Gasteiger partial charge in [0, 0.05) is 16.7 Å². The molecule has 9 heteroatoms. The molecule has 1 heterocycles. The van der Waals surface area contributed by atoms with Crippen molar-refractivity contribution in [3.8, 4) is 0 Å². The van der Waals surface area contributed by atoms with Crippen LogP contribution in [-0.4, -0.2) is 32.7 Å². The second kappa shape index (κ2) is 7.56. The lowest BCUT2D eigenvalue weighted by Crippen LogP contribution is -2.50. The van der Waals surface area contributed by atoms with Crippen LogP contribution < -0.4 is 0 Å².